The predicted octanol–water partition coefficient (Wildman–Crippen LogP) is 3.04. The van der Waals surface area contributed by atoms with Gasteiger partial charge in [0.2, 0.25) is 0 Å². The van der Waals surface area contributed by atoms with Crippen LogP contribution in [0.4, 0.5) is 8.78 Å². The second-order valence-corrected chi connectivity index (χ2v) is 3.64. The lowest BCUT2D eigenvalue weighted by Crippen LogP contribution is -1.97. The van der Waals surface area contributed by atoms with E-state index in [2.05, 4.69) is 0 Å². The summed E-state index contributed by atoms with van der Waals surface area (Å²) in [7, 11) is 0. The van der Waals surface area contributed by atoms with Crippen molar-refractivity contribution in [2.24, 2.45) is 0 Å². The maximum atomic E-state index is 13.5. The molecule has 0 saturated heterocycles. The van der Waals surface area contributed by atoms with Crippen LogP contribution in [0.25, 0.3) is 11.1 Å². The minimum absolute atomic E-state index is 0.0396. The lowest BCUT2D eigenvalue weighted by atomic mass is 10.0. The Labute approximate surface area is 101 Å². The van der Waals surface area contributed by atoms with E-state index in [1.54, 1.807) is 0 Å². The Morgan fingerprint density at radius 3 is 2.44 bits per heavy atom. The highest BCUT2D eigenvalue weighted by molar-refractivity contribution is 5.91. The van der Waals surface area contributed by atoms with Crippen LogP contribution in [0, 0.1) is 11.6 Å². The molecule has 2 N–H and O–H groups in total. The van der Waals surface area contributed by atoms with Crippen LogP contribution in [0.15, 0.2) is 36.4 Å². The number of hydrogen-bond donors (Lipinski definition) is 2. The van der Waals surface area contributed by atoms with Crippen molar-refractivity contribution in [2.45, 2.75) is 0 Å². The van der Waals surface area contributed by atoms with Crippen LogP contribution in [-0.2, 0) is 0 Å². The fourth-order valence-electron chi connectivity index (χ4n) is 1.61. The van der Waals surface area contributed by atoms with Crippen LogP contribution in [0.3, 0.4) is 0 Å². The second-order valence-electron chi connectivity index (χ2n) is 3.64. The standard InChI is InChI=1S/C13H8F2O3/c14-10-3-1-2-8(12(10)15)7-4-5-9(13(17)18)11(16)6-7/h1-6,16H,(H,17,18). The van der Waals surface area contributed by atoms with Gasteiger partial charge in [0.1, 0.15) is 11.3 Å². The van der Waals surface area contributed by atoms with Crippen LogP contribution < -0.4 is 0 Å². The van der Waals surface area contributed by atoms with Crippen LogP contribution >= 0.6 is 0 Å². The average molecular weight is 250 g/mol. The number of carbonyl (C=O) groups is 1. The molecule has 5 heteroatoms. The molecule has 0 aliphatic rings. The van der Waals surface area contributed by atoms with Crippen molar-refractivity contribution in [1.82, 2.24) is 0 Å². The monoisotopic (exact) mass is 250 g/mol. The Morgan fingerprint density at radius 1 is 1.11 bits per heavy atom. The largest absolute Gasteiger partial charge is 0.507 e. The highest BCUT2D eigenvalue weighted by Gasteiger charge is 2.14. The van der Waals surface area contributed by atoms with E-state index in [4.69, 9.17) is 5.11 Å². The Kier molecular flexibility index (Phi) is 2.97. The van der Waals surface area contributed by atoms with Gasteiger partial charge in [-0.2, -0.15) is 0 Å². The van der Waals surface area contributed by atoms with E-state index in [-0.39, 0.29) is 16.7 Å². The highest BCUT2D eigenvalue weighted by atomic mass is 19.2. The van der Waals surface area contributed by atoms with Gasteiger partial charge >= 0.3 is 5.97 Å². The van der Waals surface area contributed by atoms with Crippen molar-refractivity contribution in [2.75, 3.05) is 0 Å². The molecule has 0 fully saturated rings. The Balaban J connectivity index is 2.56. The molecule has 3 nitrogen and oxygen atoms in total. The lowest BCUT2D eigenvalue weighted by molar-refractivity contribution is 0.0694. The van der Waals surface area contributed by atoms with E-state index >= 15 is 0 Å². The summed E-state index contributed by atoms with van der Waals surface area (Å²) in [5, 5.41) is 18.2. The quantitative estimate of drug-likeness (QED) is 0.861. The number of carboxylic acids is 1. The van der Waals surface area contributed by atoms with E-state index < -0.39 is 23.4 Å². The Morgan fingerprint density at radius 2 is 1.83 bits per heavy atom. The molecule has 0 unspecified atom stereocenters. The topological polar surface area (TPSA) is 57.5 Å². The van der Waals surface area contributed by atoms with Gasteiger partial charge in [0.05, 0.1) is 0 Å². The molecule has 0 bridgehead atoms. The Bertz CT molecular complexity index is 624. The van der Waals surface area contributed by atoms with Crippen LogP contribution in [0.1, 0.15) is 10.4 Å². The second kappa shape index (κ2) is 4.44. The molecule has 0 radical (unpaired) electrons. The fraction of sp³-hybridized carbons (Fsp3) is 0. The summed E-state index contributed by atoms with van der Waals surface area (Å²) in [6, 6.07) is 7.17. The van der Waals surface area contributed by atoms with E-state index in [1.807, 2.05) is 0 Å². The maximum absolute atomic E-state index is 13.5. The summed E-state index contributed by atoms with van der Waals surface area (Å²) in [5.74, 6) is -3.84. The van der Waals surface area contributed by atoms with Gasteiger partial charge in [-0.25, -0.2) is 13.6 Å². The van der Waals surface area contributed by atoms with Gasteiger partial charge in [-0.3, -0.25) is 0 Å². The zero-order valence-electron chi connectivity index (χ0n) is 9.02. The van der Waals surface area contributed by atoms with Crippen molar-refractivity contribution >= 4 is 5.97 Å². The van der Waals surface area contributed by atoms with Gasteiger partial charge in [0.15, 0.2) is 11.6 Å². The first-order chi connectivity index (χ1) is 8.50. The normalized spacial score (nSPS) is 10.3. The first-order valence-electron chi connectivity index (χ1n) is 5.01. The average Bonchev–Trinajstić information content (AvgIpc) is 2.32. The first kappa shape index (κ1) is 12.0. The van der Waals surface area contributed by atoms with Crippen molar-refractivity contribution in [3.05, 3.63) is 53.6 Å². The predicted molar refractivity (Wildman–Crippen MR) is 60.4 cm³/mol. The molecule has 92 valence electrons. The van der Waals surface area contributed by atoms with Gasteiger partial charge in [-0.1, -0.05) is 18.2 Å². The summed E-state index contributed by atoms with van der Waals surface area (Å²) in [5.41, 5.74) is -0.132. The van der Waals surface area contributed by atoms with E-state index in [1.165, 1.54) is 18.2 Å². The molecule has 0 spiro atoms. The summed E-state index contributed by atoms with van der Waals surface area (Å²) in [4.78, 5) is 10.7. The smallest absolute Gasteiger partial charge is 0.339 e. The molecular weight excluding hydrogens is 242 g/mol. The number of rotatable bonds is 2. The van der Waals surface area contributed by atoms with Gasteiger partial charge in [-0.15, -0.1) is 0 Å². The molecule has 0 saturated carbocycles. The van der Waals surface area contributed by atoms with Crippen LogP contribution in [0.5, 0.6) is 5.75 Å². The van der Waals surface area contributed by atoms with Gasteiger partial charge in [0, 0.05) is 5.56 Å². The summed E-state index contributed by atoms with van der Waals surface area (Å²) in [6.07, 6.45) is 0. The lowest BCUT2D eigenvalue weighted by Gasteiger charge is -2.06. The third-order valence-electron chi connectivity index (χ3n) is 2.49. The number of aromatic carboxylic acids is 1. The van der Waals surface area contributed by atoms with Crippen molar-refractivity contribution in [1.29, 1.82) is 0 Å². The van der Waals surface area contributed by atoms with E-state index in [0.29, 0.717) is 0 Å². The molecule has 0 amide bonds. The fourth-order valence-corrected chi connectivity index (χ4v) is 1.61. The van der Waals surface area contributed by atoms with Gasteiger partial charge in [0.25, 0.3) is 0 Å². The molecule has 0 atom stereocenters. The number of aromatic hydroxyl groups is 1. The molecule has 0 heterocycles. The summed E-state index contributed by atoms with van der Waals surface area (Å²) < 4.78 is 26.5. The first-order valence-corrected chi connectivity index (χ1v) is 5.01. The molecule has 0 aliphatic heterocycles. The van der Waals surface area contributed by atoms with E-state index in [9.17, 15) is 18.7 Å². The highest BCUT2D eigenvalue weighted by Crippen LogP contribution is 2.29. The Hall–Kier alpha value is -2.43. The van der Waals surface area contributed by atoms with Gasteiger partial charge in [-0.05, 0) is 23.8 Å². The SMILES string of the molecule is O=C(O)c1ccc(-c2cccc(F)c2F)cc1O. The molecule has 2 aromatic carbocycles. The molecule has 0 aliphatic carbocycles. The number of phenols is 1. The van der Waals surface area contributed by atoms with E-state index in [0.717, 1.165) is 18.2 Å². The number of benzene rings is 2. The minimum Gasteiger partial charge on any atom is -0.507 e. The maximum Gasteiger partial charge on any atom is 0.339 e. The van der Waals surface area contributed by atoms with Crippen LogP contribution in [0.2, 0.25) is 0 Å². The van der Waals surface area contributed by atoms with Crippen molar-refractivity contribution < 1.29 is 23.8 Å². The number of carboxylic acid groups (broad SMARTS) is 1. The minimum atomic E-state index is -1.29. The molecular formula is C13H8F2O3. The third kappa shape index (κ3) is 2.02. The molecule has 18 heavy (non-hydrogen) atoms. The molecule has 2 rings (SSSR count). The zero-order chi connectivity index (χ0) is 13.3. The van der Waals surface area contributed by atoms with Crippen molar-refractivity contribution in [3.63, 3.8) is 0 Å². The van der Waals surface area contributed by atoms with Gasteiger partial charge < -0.3 is 10.2 Å². The summed E-state index contributed by atoms with van der Waals surface area (Å²) >= 11 is 0. The van der Waals surface area contributed by atoms with Crippen LogP contribution in [-0.4, -0.2) is 16.2 Å². The molecule has 0 aromatic heterocycles. The third-order valence-corrected chi connectivity index (χ3v) is 2.49. The number of hydrogen-bond acceptors (Lipinski definition) is 2. The zero-order valence-corrected chi connectivity index (χ0v) is 9.02. The molecule has 2 aromatic rings. The number of halogens is 2. The summed E-state index contributed by atoms with van der Waals surface area (Å²) in [6.45, 7) is 0. The van der Waals surface area contributed by atoms with Crippen molar-refractivity contribution in [3.8, 4) is 16.9 Å².